The van der Waals surface area contributed by atoms with Crippen molar-refractivity contribution in [2.45, 2.75) is 33.1 Å². The maximum absolute atomic E-state index is 12.1. The van der Waals surface area contributed by atoms with Crippen LogP contribution in [0, 0.1) is 11.8 Å². The standard InChI is InChI=1S/C15H27N3O2/c1-12(2)15(20)16-10-14(19)18-7-3-6-17(8-9-18)11-13-4-5-13/h12-13H,3-11H2,1-2H3,(H,16,20). The van der Waals surface area contributed by atoms with Gasteiger partial charge in [0.05, 0.1) is 6.54 Å². The lowest BCUT2D eigenvalue weighted by Gasteiger charge is -2.22. The number of nitrogens with zero attached hydrogens (tertiary/aromatic N) is 2. The largest absolute Gasteiger partial charge is 0.347 e. The average Bonchev–Trinajstić information content (AvgIpc) is 3.23. The predicted octanol–water partition coefficient (Wildman–Crippen LogP) is 0.703. The minimum absolute atomic E-state index is 0.0484. The van der Waals surface area contributed by atoms with Crippen LogP contribution < -0.4 is 5.32 Å². The smallest absolute Gasteiger partial charge is 0.242 e. The first-order chi connectivity index (χ1) is 9.56. The molecule has 2 amide bonds. The summed E-state index contributed by atoms with van der Waals surface area (Å²) < 4.78 is 0. The summed E-state index contributed by atoms with van der Waals surface area (Å²) in [6.07, 6.45) is 3.79. The molecule has 2 aliphatic rings. The van der Waals surface area contributed by atoms with E-state index in [1.807, 2.05) is 18.7 Å². The van der Waals surface area contributed by atoms with E-state index < -0.39 is 0 Å². The van der Waals surface area contributed by atoms with E-state index in [-0.39, 0.29) is 24.3 Å². The summed E-state index contributed by atoms with van der Waals surface area (Å²) in [6, 6.07) is 0. The predicted molar refractivity (Wildman–Crippen MR) is 78.2 cm³/mol. The lowest BCUT2D eigenvalue weighted by Crippen LogP contribution is -2.42. The molecule has 0 aromatic carbocycles. The molecule has 2 rings (SSSR count). The van der Waals surface area contributed by atoms with Crippen LogP contribution in [-0.2, 0) is 9.59 Å². The van der Waals surface area contributed by atoms with Crippen LogP contribution in [0.2, 0.25) is 0 Å². The number of rotatable bonds is 5. The molecule has 1 aliphatic carbocycles. The van der Waals surface area contributed by atoms with E-state index in [4.69, 9.17) is 0 Å². The highest BCUT2D eigenvalue weighted by molar-refractivity contribution is 5.85. The Kier molecular flexibility index (Phi) is 5.40. The lowest BCUT2D eigenvalue weighted by atomic mass is 10.2. The first-order valence-corrected chi connectivity index (χ1v) is 7.84. The van der Waals surface area contributed by atoms with Crippen molar-refractivity contribution in [1.82, 2.24) is 15.1 Å². The Balaban J connectivity index is 1.71. The molecule has 0 bridgehead atoms. The summed E-state index contributed by atoms with van der Waals surface area (Å²) in [5, 5.41) is 2.71. The van der Waals surface area contributed by atoms with Gasteiger partial charge in [-0.3, -0.25) is 9.59 Å². The van der Waals surface area contributed by atoms with E-state index in [1.54, 1.807) is 0 Å². The molecule has 5 heteroatoms. The quantitative estimate of drug-likeness (QED) is 0.807. The maximum atomic E-state index is 12.1. The highest BCUT2D eigenvalue weighted by atomic mass is 16.2. The molecule has 0 radical (unpaired) electrons. The van der Waals surface area contributed by atoms with Crippen molar-refractivity contribution in [3.8, 4) is 0 Å². The fraction of sp³-hybridized carbons (Fsp3) is 0.867. The molecule has 1 heterocycles. The maximum Gasteiger partial charge on any atom is 0.242 e. The van der Waals surface area contributed by atoms with Crippen molar-refractivity contribution in [2.75, 3.05) is 39.3 Å². The van der Waals surface area contributed by atoms with Crippen LogP contribution >= 0.6 is 0 Å². The number of amides is 2. The third kappa shape index (κ3) is 4.78. The molecule has 2 fully saturated rings. The first kappa shape index (κ1) is 15.3. The highest BCUT2D eigenvalue weighted by Gasteiger charge is 2.26. The van der Waals surface area contributed by atoms with E-state index in [0.29, 0.717) is 0 Å². The van der Waals surface area contributed by atoms with Crippen LogP contribution in [0.1, 0.15) is 33.1 Å². The number of nitrogens with one attached hydrogen (secondary N) is 1. The second-order valence-corrected chi connectivity index (χ2v) is 6.35. The minimum atomic E-state index is -0.0685. The molecule has 1 saturated carbocycles. The SMILES string of the molecule is CC(C)C(=O)NCC(=O)N1CCCN(CC2CC2)CC1. The molecule has 0 spiro atoms. The van der Waals surface area contributed by atoms with Crippen molar-refractivity contribution in [2.24, 2.45) is 11.8 Å². The molecule has 1 aliphatic heterocycles. The Morgan fingerprint density at radius 1 is 1.15 bits per heavy atom. The third-order valence-corrected chi connectivity index (χ3v) is 4.09. The van der Waals surface area contributed by atoms with Crippen molar-refractivity contribution in [3.63, 3.8) is 0 Å². The number of hydrogen-bond acceptors (Lipinski definition) is 3. The third-order valence-electron chi connectivity index (χ3n) is 4.09. The summed E-state index contributed by atoms with van der Waals surface area (Å²) in [4.78, 5) is 28.0. The van der Waals surface area contributed by atoms with Gasteiger partial charge in [-0.2, -0.15) is 0 Å². The van der Waals surface area contributed by atoms with Crippen molar-refractivity contribution >= 4 is 11.8 Å². The van der Waals surface area contributed by atoms with Gasteiger partial charge in [-0.15, -0.1) is 0 Å². The summed E-state index contributed by atoms with van der Waals surface area (Å²) in [6.45, 7) is 8.69. The lowest BCUT2D eigenvalue weighted by molar-refractivity contribution is -0.133. The van der Waals surface area contributed by atoms with Crippen LogP contribution in [0.15, 0.2) is 0 Å². The fourth-order valence-electron chi connectivity index (χ4n) is 2.55. The van der Waals surface area contributed by atoms with Gasteiger partial charge >= 0.3 is 0 Å². The van der Waals surface area contributed by atoms with E-state index in [1.165, 1.54) is 19.4 Å². The molecule has 0 unspecified atom stereocenters. The number of hydrogen-bond donors (Lipinski definition) is 1. The van der Waals surface area contributed by atoms with Crippen molar-refractivity contribution < 1.29 is 9.59 Å². The second kappa shape index (κ2) is 7.07. The Bertz CT molecular complexity index is 353. The molecule has 1 saturated heterocycles. The fourth-order valence-corrected chi connectivity index (χ4v) is 2.55. The summed E-state index contributed by atoms with van der Waals surface area (Å²) >= 11 is 0. The molecule has 0 aromatic rings. The summed E-state index contributed by atoms with van der Waals surface area (Å²) in [7, 11) is 0. The normalized spacial score (nSPS) is 20.9. The number of carbonyl (C=O) groups excluding carboxylic acids is 2. The number of carbonyl (C=O) groups is 2. The van der Waals surface area contributed by atoms with Crippen molar-refractivity contribution in [1.29, 1.82) is 0 Å². The van der Waals surface area contributed by atoms with Crippen LogP contribution in [0.3, 0.4) is 0 Å². The molecular weight excluding hydrogens is 254 g/mol. The van der Waals surface area contributed by atoms with E-state index in [2.05, 4.69) is 10.2 Å². The van der Waals surface area contributed by atoms with Crippen LogP contribution in [-0.4, -0.2) is 60.9 Å². The average molecular weight is 281 g/mol. The molecule has 1 N–H and O–H groups in total. The van der Waals surface area contributed by atoms with Gasteiger partial charge < -0.3 is 15.1 Å². The van der Waals surface area contributed by atoms with E-state index in [9.17, 15) is 9.59 Å². The molecule has 20 heavy (non-hydrogen) atoms. The summed E-state index contributed by atoms with van der Waals surface area (Å²) in [5.74, 6) is 0.833. The van der Waals surface area contributed by atoms with Gasteiger partial charge in [-0.25, -0.2) is 0 Å². The van der Waals surface area contributed by atoms with Gasteiger partial charge in [0, 0.05) is 32.1 Å². The first-order valence-electron chi connectivity index (χ1n) is 7.84. The van der Waals surface area contributed by atoms with Crippen LogP contribution in [0.5, 0.6) is 0 Å². The van der Waals surface area contributed by atoms with Gasteiger partial charge in [0.2, 0.25) is 11.8 Å². The van der Waals surface area contributed by atoms with Gasteiger partial charge in [0.25, 0.3) is 0 Å². The molecule has 5 nitrogen and oxygen atoms in total. The van der Waals surface area contributed by atoms with Gasteiger partial charge in [0.1, 0.15) is 0 Å². The topological polar surface area (TPSA) is 52.7 Å². The monoisotopic (exact) mass is 281 g/mol. The Labute approximate surface area is 121 Å². The minimum Gasteiger partial charge on any atom is -0.347 e. The van der Waals surface area contributed by atoms with Gasteiger partial charge in [-0.1, -0.05) is 13.8 Å². The molecule has 114 valence electrons. The van der Waals surface area contributed by atoms with E-state index in [0.717, 1.165) is 38.5 Å². The summed E-state index contributed by atoms with van der Waals surface area (Å²) in [5.41, 5.74) is 0. The van der Waals surface area contributed by atoms with E-state index >= 15 is 0 Å². The molecule has 0 atom stereocenters. The Morgan fingerprint density at radius 2 is 1.90 bits per heavy atom. The highest BCUT2D eigenvalue weighted by Crippen LogP contribution is 2.29. The zero-order valence-electron chi connectivity index (χ0n) is 12.7. The zero-order chi connectivity index (χ0) is 14.5. The Morgan fingerprint density at radius 3 is 2.55 bits per heavy atom. The second-order valence-electron chi connectivity index (χ2n) is 6.35. The Hall–Kier alpha value is -1.10. The van der Waals surface area contributed by atoms with Gasteiger partial charge in [-0.05, 0) is 31.7 Å². The molecular formula is C15H27N3O2. The molecule has 0 aromatic heterocycles. The van der Waals surface area contributed by atoms with Crippen molar-refractivity contribution in [3.05, 3.63) is 0 Å². The van der Waals surface area contributed by atoms with Crippen LogP contribution in [0.4, 0.5) is 0 Å². The van der Waals surface area contributed by atoms with Gasteiger partial charge in [0.15, 0.2) is 0 Å². The zero-order valence-corrected chi connectivity index (χ0v) is 12.7. The van der Waals surface area contributed by atoms with Crippen LogP contribution in [0.25, 0.3) is 0 Å².